The number of para-hydroxylation sites is 1. The van der Waals surface area contributed by atoms with E-state index in [1.54, 1.807) is 19.2 Å². The second-order valence-electron chi connectivity index (χ2n) is 3.87. The lowest BCUT2D eigenvalue weighted by Gasteiger charge is -2.34. The Hall–Kier alpha value is -1.55. The van der Waals surface area contributed by atoms with Crippen LogP contribution in [0.1, 0.15) is 12.8 Å². The number of hydrogen-bond acceptors (Lipinski definition) is 3. The number of benzene rings is 1. The number of methoxy groups -OCH3 is 1. The van der Waals surface area contributed by atoms with Crippen molar-refractivity contribution in [3.05, 3.63) is 30.3 Å². The number of amides is 1. The van der Waals surface area contributed by atoms with Gasteiger partial charge < -0.3 is 14.8 Å². The van der Waals surface area contributed by atoms with Crippen LogP contribution in [0.2, 0.25) is 0 Å². The van der Waals surface area contributed by atoms with Gasteiger partial charge in [0, 0.05) is 13.2 Å². The van der Waals surface area contributed by atoms with Crippen molar-refractivity contribution in [1.29, 1.82) is 0 Å². The highest BCUT2D eigenvalue weighted by molar-refractivity contribution is 5.70. The van der Waals surface area contributed by atoms with Gasteiger partial charge in [-0.2, -0.15) is 0 Å². The van der Waals surface area contributed by atoms with Crippen molar-refractivity contribution in [3.8, 4) is 5.75 Å². The summed E-state index contributed by atoms with van der Waals surface area (Å²) in [6, 6.07) is 9.21. The van der Waals surface area contributed by atoms with Gasteiger partial charge in [-0.1, -0.05) is 18.2 Å². The van der Waals surface area contributed by atoms with Gasteiger partial charge in [0.25, 0.3) is 0 Å². The van der Waals surface area contributed by atoms with Crippen molar-refractivity contribution >= 4 is 6.09 Å². The molecule has 0 heterocycles. The zero-order valence-corrected chi connectivity index (χ0v) is 9.18. The summed E-state index contributed by atoms with van der Waals surface area (Å²) in [5, 5.41) is 2.79. The third-order valence-electron chi connectivity index (χ3n) is 2.70. The Morgan fingerprint density at radius 3 is 2.62 bits per heavy atom. The van der Waals surface area contributed by atoms with Crippen LogP contribution in [0.4, 0.5) is 4.79 Å². The number of nitrogens with one attached hydrogen (secondary N) is 1. The van der Waals surface area contributed by atoms with E-state index < -0.39 is 6.09 Å². The average Bonchev–Trinajstić information content (AvgIpc) is 2.24. The van der Waals surface area contributed by atoms with Gasteiger partial charge in [0.2, 0.25) is 0 Å². The summed E-state index contributed by atoms with van der Waals surface area (Å²) in [4.78, 5) is 11.4. The Kier molecular flexibility index (Phi) is 3.41. The molecule has 1 aromatic carbocycles. The molecule has 16 heavy (non-hydrogen) atoms. The molecule has 1 aromatic rings. The largest absolute Gasteiger partial charge is 0.412 e. The summed E-state index contributed by atoms with van der Waals surface area (Å²) in [5.74, 6) is 0.558. The molecule has 0 radical (unpaired) electrons. The number of ether oxygens (including phenoxy) is 2. The van der Waals surface area contributed by atoms with Crippen molar-refractivity contribution in [1.82, 2.24) is 5.32 Å². The lowest BCUT2D eigenvalue weighted by Crippen LogP contribution is -2.48. The summed E-state index contributed by atoms with van der Waals surface area (Å²) in [5.41, 5.74) is 0. The predicted molar refractivity (Wildman–Crippen MR) is 59.4 cm³/mol. The smallest absolute Gasteiger partial charge is 0.410 e. The molecule has 0 saturated heterocycles. The van der Waals surface area contributed by atoms with E-state index in [4.69, 9.17) is 9.47 Å². The standard InChI is InChI=1S/C12H15NO3/c1-15-11-7-9(8-11)13-12(14)16-10-5-3-2-4-6-10/h2-6,9,11H,7-8H2,1H3,(H,13,14). The fourth-order valence-corrected chi connectivity index (χ4v) is 1.67. The van der Waals surface area contributed by atoms with E-state index in [1.165, 1.54) is 0 Å². The van der Waals surface area contributed by atoms with Crippen LogP contribution in [0, 0.1) is 0 Å². The molecular formula is C12H15NO3. The summed E-state index contributed by atoms with van der Waals surface area (Å²) in [6.07, 6.45) is 1.61. The maximum Gasteiger partial charge on any atom is 0.412 e. The molecule has 0 spiro atoms. The Morgan fingerprint density at radius 2 is 2.00 bits per heavy atom. The number of rotatable bonds is 3. The number of carbonyl (C=O) groups excluding carboxylic acids is 1. The number of hydrogen-bond donors (Lipinski definition) is 1. The third kappa shape index (κ3) is 2.73. The molecule has 0 bridgehead atoms. The Balaban J connectivity index is 1.74. The first-order valence-electron chi connectivity index (χ1n) is 5.34. The highest BCUT2D eigenvalue weighted by Crippen LogP contribution is 2.22. The van der Waals surface area contributed by atoms with Gasteiger partial charge in [-0.05, 0) is 25.0 Å². The van der Waals surface area contributed by atoms with Crippen LogP contribution in [-0.2, 0) is 4.74 Å². The van der Waals surface area contributed by atoms with Gasteiger partial charge in [0.15, 0.2) is 0 Å². The molecule has 1 saturated carbocycles. The van der Waals surface area contributed by atoms with Crippen LogP contribution in [0.25, 0.3) is 0 Å². The fourth-order valence-electron chi connectivity index (χ4n) is 1.67. The Labute approximate surface area is 94.6 Å². The second kappa shape index (κ2) is 4.99. The summed E-state index contributed by atoms with van der Waals surface area (Å²) >= 11 is 0. The maximum atomic E-state index is 11.4. The molecule has 1 N–H and O–H groups in total. The van der Waals surface area contributed by atoms with E-state index in [1.807, 2.05) is 18.2 Å². The first kappa shape index (κ1) is 11.0. The van der Waals surface area contributed by atoms with E-state index >= 15 is 0 Å². The molecule has 86 valence electrons. The highest BCUT2D eigenvalue weighted by Gasteiger charge is 2.30. The normalized spacial score (nSPS) is 23.3. The lowest BCUT2D eigenvalue weighted by molar-refractivity contribution is 0.0189. The van der Waals surface area contributed by atoms with Gasteiger partial charge in [0.05, 0.1) is 6.10 Å². The van der Waals surface area contributed by atoms with Crippen molar-refractivity contribution in [2.24, 2.45) is 0 Å². The van der Waals surface area contributed by atoms with Gasteiger partial charge in [-0.25, -0.2) is 4.79 Å². The van der Waals surface area contributed by atoms with Crippen LogP contribution < -0.4 is 10.1 Å². The minimum Gasteiger partial charge on any atom is -0.410 e. The summed E-state index contributed by atoms with van der Waals surface area (Å²) in [6.45, 7) is 0. The van der Waals surface area contributed by atoms with Crippen LogP contribution in [0.15, 0.2) is 30.3 Å². The Bertz CT molecular complexity index is 347. The fraction of sp³-hybridized carbons (Fsp3) is 0.417. The monoisotopic (exact) mass is 221 g/mol. The van der Waals surface area contributed by atoms with Gasteiger partial charge >= 0.3 is 6.09 Å². The first-order chi connectivity index (χ1) is 7.78. The first-order valence-corrected chi connectivity index (χ1v) is 5.34. The average molecular weight is 221 g/mol. The number of carbonyl (C=O) groups is 1. The quantitative estimate of drug-likeness (QED) is 0.848. The maximum absolute atomic E-state index is 11.4. The molecule has 1 fully saturated rings. The van der Waals surface area contributed by atoms with E-state index in [2.05, 4.69) is 5.32 Å². The van der Waals surface area contributed by atoms with Crippen molar-refractivity contribution in [2.75, 3.05) is 7.11 Å². The van der Waals surface area contributed by atoms with Crippen molar-refractivity contribution < 1.29 is 14.3 Å². The zero-order valence-electron chi connectivity index (χ0n) is 9.18. The molecule has 1 amide bonds. The molecule has 0 unspecified atom stereocenters. The topological polar surface area (TPSA) is 47.6 Å². The van der Waals surface area contributed by atoms with Crippen LogP contribution in [0.3, 0.4) is 0 Å². The highest BCUT2D eigenvalue weighted by atomic mass is 16.6. The summed E-state index contributed by atoms with van der Waals surface area (Å²) in [7, 11) is 1.68. The minimum absolute atomic E-state index is 0.182. The molecule has 0 atom stereocenters. The molecule has 4 heteroatoms. The lowest BCUT2D eigenvalue weighted by atomic mass is 9.89. The molecule has 4 nitrogen and oxygen atoms in total. The molecule has 1 aliphatic rings. The molecular weight excluding hydrogens is 206 g/mol. The van der Waals surface area contributed by atoms with Gasteiger partial charge in [-0.15, -0.1) is 0 Å². The molecule has 1 aliphatic carbocycles. The van der Waals surface area contributed by atoms with E-state index in [9.17, 15) is 4.79 Å². The third-order valence-corrected chi connectivity index (χ3v) is 2.70. The van der Waals surface area contributed by atoms with Crippen molar-refractivity contribution in [3.63, 3.8) is 0 Å². The minimum atomic E-state index is -0.397. The van der Waals surface area contributed by atoms with E-state index in [0.717, 1.165) is 12.8 Å². The second-order valence-corrected chi connectivity index (χ2v) is 3.87. The van der Waals surface area contributed by atoms with Gasteiger partial charge in [0.1, 0.15) is 5.75 Å². The molecule has 0 aromatic heterocycles. The van der Waals surface area contributed by atoms with E-state index in [-0.39, 0.29) is 12.1 Å². The van der Waals surface area contributed by atoms with Crippen molar-refractivity contribution in [2.45, 2.75) is 25.0 Å². The van der Waals surface area contributed by atoms with Crippen LogP contribution in [0.5, 0.6) is 5.75 Å². The van der Waals surface area contributed by atoms with Crippen LogP contribution in [-0.4, -0.2) is 25.3 Å². The Morgan fingerprint density at radius 1 is 1.31 bits per heavy atom. The molecule has 0 aliphatic heterocycles. The zero-order chi connectivity index (χ0) is 11.4. The van der Waals surface area contributed by atoms with E-state index in [0.29, 0.717) is 5.75 Å². The van der Waals surface area contributed by atoms with Crippen LogP contribution >= 0.6 is 0 Å². The van der Waals surface area contributed by atoms with Gasteiger partial charge in [-0.3, -0.25) is 0 Å². The molecule has 2 rings (SSSR count). The predicted octanol–water partition coefficient (Wildman–Crippen LogP) is 1.95. The summed E-state index contributed by atoms with van der Waals surface area (Å²) < 4.78 is 10.2. The SMILES string of the molecule is COC1CC(NC(=O)Oc2ccccc2)C1.